The first-order valence-electron chi connectivity index (χ1n) is 9.81. The molecule has 1 N–H and O–H groups in total. The van der Waals surface area contributed by atoms with E-state index in [0.717, 1.165) is 24.3 Å². The summed E-state index contributed by atoms with van der Waals surface area (Å²) in [5.41, 5.74) is 0.376. The molecule has 0 aliphatic heterocycles. The molecule has 4 bridgehead atoms. The maximum Gasteiger partial charge on any atom is 0.238 e. The van der Waals surface area contributed by atoms with Crippen LogP contribution < -0.4 is 5.32 Å². The van der Waals surface area contributed by atoms with E-state index in [2.05, 4.69) is 15.5 Å². The molecule has 0 spiro atoms. The van der Waals surface area contributed by atoms with Gasteiger partial charge in [-0.15, -0.1) is 0 Å². The lowest BCUT2D eigenvalue weighted by Crippen LogP contribution is -2.51. The van der Waals surface area contributed by atoms with Crippen molar-refractivity contribution in [1.82, 2.24) is 15.5 Å². The van der Waals surface area contributed by atoms with Gasteiger partial charge in [-0.2, -0.15) is 4.98 Å². The Kier molecular flexibility index (Phi) is 3.87. The van der Waals surface area contributed by atoms with Crippen LogP contribution in [-0.2, 0) is 11.2 Å². The van der Waals surface area contributed by atoms with E-state index < -0.39 is 0 Å². The number of hydrogen-bond donors (Lipinski definition) is 1. The van der Waals surface area contributed by atoms with Crippen molar-refractivity contribution >= 4 is 5.91 Å². The summed E-state index contributed by atoms with van der Waals surface area (Å²) in [5, 5.41) is 7.09. The molecule has 4 saturated carbocycles. The fourth-order valence-corrected chi connectivity index (χ4v) is 5.96. The van der Waals surface area contributed by atoms with Crippen molar-refractivity contribution in [2.24, 2.45) is 23.2 Å². The van der Waals surface area contributed by atoms with Gasteiger partial charge in [0.05, 0.1) is 6.26 Å². The molecule has 0 atom stereocenters. The molecule has 6 rings (SSSR count). The second-order valence-corrected chi connectivity index (χ2v) is 8.68. The van der Waals surface area contributed by atoms with E-state index in [-0.39, 0.29) is 5.91 Å². The maximum atomic E-state index is 12.3. The zero-order chi connectivity index (χ0) is 17.6. The molecule has 0 aromatic carbocycles. The standard InChI is InChI=1S/C20H25N3O3/c24-17(3-4-18-22-19(23-26-18)16-2-1-5-25-16)21-12-20-9-13-6-14(10-20)8-15(7-13)11-20/h1-2,5,13-15H,3-4,6-12H2,(H,21,24). The van der Waals surface area contributed by atoms with Crippen molar-refractivity contribution in [2.75, 3.05) is 6.54 Å². The number of aromatic nitrogens is 2. The highest BCUT2D eigenvalue weighted by Crippen LogP contribution is 2.59. The fraction of sp³-hybridized carbons (Fsp3) is 0.650. The third-order valence-corrected chi connectivity index (χ3v) is 6.60. The minimum absolute atomic E-state index is 0.0819. The minimum Gasteiger partial charge on any atom is -0.461 e. The highest BCUT2D eigenvalue weighted by Gasteiger charge is 2.50. The molecular weight excluding hydrogens is 330 g/mol. The van der Waals surface area contributed by atoms with Crippen molar-refractivity contribution < 1.29 is 13.7 Å². The molecule has 6 heteroatoms. The van der Waals surface area contributed by atoms with Crippen LogP contribution >= 0.6 is 0 Å². The lowest BCUT2D eigenvalue weighted by molar-refractivity contribution is -0.123. The largest absolute Gasteiger partial charge is 0.461 e. The van der Waals surface area contributed by atoms with Gasteiger partial charge >= 0.3 is 0 Å². The number of amides is 1. The van der Waals surface area contributed by atoms with Crippen LogP contribution in [0.5, 0.6) is 0 Å². The van der Waals surface area contributed by atoms with Gasteiger partial charge in [0.1, 0.15) is 0 Å². The molecule has 0 radical (unpaired) electrons. The first-order valence-corrected chi connectivity index (χ1v) is 9.81. The molecule has 2 aromatic rings. The average molecular weight is 355 g/mol. The van der Waals surface area contributed by atoms with E-state index in [1.54, 1.807) is 18.4 Å². The van der Waals surface area contributed by atoms with Crippen molar-refractivity contribution in [2.45, 2.75) is 51.4 Å². The SMILES string of the molecule is O=C(CCc1nc(-c2ccco2)no1)NCC12CC3CC(CC(C3)C1)C2. The normalized spacial score (nSPS) is 32.1. The number of hydrogen-bond acceptors (Lipinski definition) is 5. The molecule has 0 saturated heterocycles. The van der Waals surface area contributed by atoms with Gasteiger partial charge in [-0.3, -0.25) is 4.79 Å². The molecular formula is C20H25N3O3. The van der Waals surface area contributed by atoms with Crippen molar-refractivity contribution in [3.05, 3.63) is 24.3 Å². The van der Waals surface area contributed by atoms with Crippen LogP contribution in [-0.4, -0.2) is 22.6 Å². The monoisotopic (exact) mass is 355 g/mol. The van der Waals surface area contributed by atoms with E-state index in [9.17, 15) is 4.79 Å². The van der Waals surface area contributed by atoms with E-state index in [0.29, 0.717) is 35.7 Å². The van der Waals surface area contributed by atoms with E-state index in [4.69, 9.17) is 8.94 Å². The highest BCUT2D eigenvalue weighted by molar-refractivity contribution is 5.76. The molecule has 6 nitrogen and oxygen atoms in total. The Labute approximate surface area is 152 Å². The van der Waals surface area contributed by atoms with Gasteiger partial charge in [-0.1, -0.05) is 5.16 Å². The van der Waals surface area contributed by atoms with Crippen LogP contribution in [0.1, 0.15) is 50.8 Å². The molecule has 1 amide bonds. The molecule has 0 unspecified atom stereocenters. The summed E-state index contributed by atoms with van der Waals surface area (Å²) in [6, 6.07) is 3.57. The lowest BCUT2D eigenvalue weighted by atomic mass is 9.49. The maximum absolute atomic E-state index is 12.3. The number of furan rings is 1. The van der Waals surface area contributed by atoms with Crippen molar-refractivity contribution in [3.8, 4) is 11.6 Å². The number of nitrogens with zero attached hydrogens (tertiary/aromatic N) is 2. The number of rotatable bonds is 6. The third-order valence-electron chi connectivity index (χ3n) is 6.60. The lowest BCUT2D eigenvalue weighted by Gasteiger charge is -2.56. The van der Waals surface area contributed by atoms with E-state index >= 15 is 0 Å². The summed E-state index contributed by atoms with van der Waals surface area (Å²) in [5.74, 6) is 4.30. The topological polar surface area (TPSA) is 81.2 Å². The summed E-state index contributed by atoms with van der Waals surface area (Å²) in [6.45, 7) is 0.844. The van der Waals surface area contributed by atoms with Crippen molar-refractivity contribution in [1.29, 1.82) is 0 Å². The smallest absolute Gasteiger partial charge is 0.238 e. The molecule has 138 valence electrons. The zero-order valence-electron chi connectivity index (χ0n) is 14.9. The van der Waals surface area contributed by atoms with Crippen LogP contribution in [0.2, 0.25) is 0 Å². The quantitative estimate of drug-likeness (QED) is 0.856. The zero-order valence-corrected chi connectivity index (χ0v) is 14.9. The van der Waals surface area contributed by atoms with Crippen LogP contribution in [0.15, 0.2) is 27.3 Å². The molecule has 4 aliphatic rings. The summed E-state index contributed by atoms with van der Waals surface area (Å²) < 4.78 is 10.5. The summed E-state index contributed by atoms with van der Waals surface area (Å²) >= 11 is 0. The van der Waals surface area contributed by atoms with Crippen LogP contribution in [0, 0.1) is 23.2 Å². The molecule has 2 heterocycles. The van der Waals surface area contributed by atoms with Crippen LogP contribution in [0.4, 0.5) is 0 Å². The van der Waals surface area contributed by atoms with Gasteiger partial charge in [-0.05, 0) is 73.8 Å². The van der Waals surface area contributed by atoms with Crippen LogP contribution in [0.25, 0.3) is 11.6 Å². The molecule has 4 fully saturated rings. The summed E-state index contributed by atoms with van der Waals surface area (Å²) in [7, 11) is 0. The summed E-state index contributed by atoms with van der Waals surface area (Å²) in [4.78, 5) is 16.6. The Hall–Kier alpha value is -2.11. The Morgan fingerprint density at radius 3 is 2.58 bits per heavy atom. The number of aryl methyl sites for hydroxylation is 1. The first-order chi connectivity index (χ1) is 12.7. The second kappa shape index (κ2) is 6.25. The number of carbonyl (C=O) groups is 1. The highest BCUT2D eigenvalue weighted by atomic mass is 16.5. The first kappa shape index (κ1) is 16.1. The van der Waals surface area contributed by atoms with Gasteiger partial charge in [-0.25, -0.2) is 0 Å². The fourth-order valence-electron chi connectivity index (χ4n) is 5.96. The van der Waals surface area contributed by atoms with Gasteiger partial charge in [0.15, 0.2) is 5.76 Å². The van der Waals surface area contributed by atoms with Gasteiger partial charge in [0.25, 0.3) is 0 Å². The van der Waals surface area contributed by atoms with Crippen LogP contribution in [0.3, 0.4) is 0 Å². The van der Waals surface area contributed by atoms with Gasteiger partial charge in [0.2, 0.25) is 17.6 Å². The predicted molar refractivity (Wildman–Crippen MR) is 93.9 cm³/mol. The second-order valence-electron chi connectivity index (χ2n) is 8.68. The Morgan fingerprint density at radius 2 is 1.92 bits per heavy atom. The summed E-state index contributed by atoms with van der Waals surface area (Å²) in [6.07, 6.45) is 10.7. The van der Waals surface area contributed by atoms with Gasteiger partial charge < -0.3 is 14.3 Å². The van der Waals surface area contributed by atoms with E-state index in [1.165, 1.54) is 38.5 Å². The number of carbonyl (C=O) groups excluding carboxylic acids is 1. The molecule has 26 heavy (non-hydrogen) atoms. The average Bonchev–Trinajstić information content (AvgIpc) is 3.28. The third kappa shape index (κ3) is 3.06. The van der Waals surface area contributed by atoms with Crippen molar-refractivity contribution in [3.63, 3.8) is 0 Å². The Balaban J connectivity index is 1.13. The number of nitrogens with one attached hydrogen (secondary N) is 1. The molecule has 2 aromatic heterocycles. The van der Waals surface area contributed by atoms with Gasteiger partial charge in [0, 0.05) is 19.4 Å². The minimum atomic E-state index is 0.0819. The predicted octanol–water partition coefficient (Wildman–Crippen LogP) is 3.59. The Bertz CT molecular complexity index is 745. The Morgan fingerprint density at radius 1 is 1.19 bits per heavy atom. The molecule has 4 aliphatic carbocycles. The van der Waals surface area contributed by atoms with E-state index in [1.807, 2.05) is 0 Å².